The van der Waals surface area contributed by atoms with Crippen LogP contribution in [0.25, 0.3) is 10.8 Å². The first-order chi connectivity index (χ1) is 6.42. The fourth-order valence-corrected chi connectivity index (χ4v) is 1.33. The topological polar surface area (TPSA) is 26.3 Å². The van der Waals surface area contributed by atoms with Gasteiger partial charge in [-0.25, -0.2) is 4.79 Å². The highest BCUT2D eigenvalue weighted by molar-refractivity contribution is 5.88. The largest absolute Gasteiger partial charge is 0.423 e. The van der Waals surface area contributed by atoms with Gasteiger partial charge in [-0.15, -0.1) is 0 Å². The lowest BCUT2D eigenvalue weighted by molar-refractivity contribution is 0.445. The van der Waals surface area contributed by atoms with E-state index >= 15 is 0 Å². The van der Waals surface area contributed by atoms with Gasteiger partial charge in [0.1, 0.15) is 5.75 Å². The summed E-state index contributed by atoms with van der Waals surface area (Å²) in [5.74, 6) is 0.549. The summed E-state index contributed by atoms with van der Waals surface area (Å²) in [6, 6.07) is 13.3. The molecule has 2 rings (SSSR count). The van der Waals surface area contributed by atoms with E-state index < -0.39 is 0 Å². The molecule has 0 aromatic heterocycles. The average molecular weight is 171 g/mol. The molecule has 0 aliphatic heterocycles. The molecule has 0 bridgehead atoms. The molecule has 2 aromatic rings. The van der Waals surface area contributed by atoms with Crippen LogP contribution in [0.15, 0.2) is 42.5 Å². The van der Waals surface area contributed by atoms with Crippen LogP contribution in [0.5, 0.6) is 5.75 Å². The third kappa shape index (κ3) is 1.38. The number of benzene rings is 2. The van der Waals surface area contributed by atoms with Gasteiger partial charge in [0.15, 0.2) is 0 Å². The molecular formula is C11H7O2. The monoisotopic (exact) mass is 171 g/mol. The lowest BCUT2D eigenvalue weighted by Gasteiger charge is -2.01. The minimum Gasteiger partial charge on any atom is -0.417 e. The Bertz CT molecular complexity index is 430. The van der Waals surface area contributed by atoms with Crippen LogP contribution < -0.4 is 4.74 Å². The highest BCUT2D eigenvalue weighted by atomic mass is 16.5. The van der Waals surface area contributed by atoms with E-state index in [1.54, 1.807) is 6.07 Å². The Labute approximate surface area is 75.8 Å². The fourth-order valence-electron chi connectivity index (χ4n) is 1.33. The molecule has 2 heteroatoms. The van der Waals surface area contributed by atoms with E-state index in [2.05, 4.69) is 0 Å². The summed E-state index contributed by atoms with van der Waals surface area (Å²) in [5.41, 5.74) is 0. The third-order valence-corrected chi connectivity index (χ3v) is 1.90. The second kappa shape index (κ2) is 3.27. The summed E-state index contributed by atoms with van der Waals surface area (Å²) in [6.07, 6.45) is 0. The minimum atomic E-state index is 0.549. The van der Waals surface area contributed by atoms with Crippen LogP contribution >= 0.6 is 0 Å². The van der Waals surface area contributed by atoms with Crippen molar-refractivity contribution in [1.29, 1.82) is 0 Å². The SMILES string of the molecule is O=[C]Oc1cccc2ccccc12. The van der Waals surface area contributed by atoms with Crippen molar-refractivity contribution in [3.8, 4) is 5.75 Å². The molecule has 63 valence electrons. The third-order valence-electron chi connectivity index (χ3n) is 1.90. The number of ether oxygens (including phenoxy) is 1. The van der Waals surface area contributed by atoms with E-state index in [1.165, 1.54) is 6.47 Å². The van der Waals surface area contributed by atoms with Gasteiger partial charge in [0.2, 0.25) is 0 Å². The van der Waals surface area contributed by atoms with Gasteiger partial charge in [-0.3, -0.25) is 0 Å². The second-order valence-electron chi connectivity index (χ2n) is 2.66. The van der Waals surface area contributed by atoms with Crippen molar-refractivity contribution >= 4 is 17.2 Å². The minimum absolute atomic E-state index is 0.549. The lowest BCUT2D eigenvalue weighted by atomic mass is 10.1. The maximum Gasteiger partial charge on any atom is 0.423 e. The normalized spacial score (nSPS) is 9.85. The van der Waals surface area contributed by atoms with E-state index in [1.807, 2.05) is 36.4 Å². The zero-order valence-electron chi connectivity index (χ0n) is 6.86. The molecule has 0 heterocycles. The molecule has 2 nitrogen and oxygen atoms in total. The van der Waals surface area contributed by atoms with Crippen molar-refractivity contribution in [2.45, 2.75) is 0 Å². The van der Waals surface area contributed by atoms with Gasteiger partial charge in [0.05, 0.1) is 0 Å². The Hall–Kier alpha value is -1.83. The van der Waals surface area contributed by atoms with Crippen molar-refractivity contribution in [2.75, 3.05) is 0 Å². The summed E-state index contributed by atoms with van der Waals surface area (Å²) in [7, 11) is 0. The summed E-state index contributed by atoms with van der Waals surface area (Å²) in [5, 5.41) is 1.98. The van der Waals surface area contributed by atoms with E-state index in [0.717, 1.165) is 10.8 Å². The zero-order valence-corrected chi connectivity index (χ0v) is 6.86. The molecule has 0 aliphatic carbocycles. The molecule has 0 unspecified atom stereocenters. The van der Waals surface area contributed by atoms with Gasteiger partial charge in [0.25, 0.3) is 0 Å². The highest BCUT2D eigenvalue weighted by Gasteiger charge is 1.99. The number of rotatable bonds is 2. The number of hydrogen-bond donors (Lipinski definition) is 0. The quantitative estimate of drug-likeness (QED) is 0.692. The zero-order chi connectivity index (χ0) is 9.10. The summed E-state index contributed by atoms with van der Waals surface area (Å²) in [4.78, 5) is 10.1. The Morgan fingerprint density at radius 1 is 1.00 bits per heavy atom. The van der Waals surface area contributed by atoms with Gasteiger partial charge in [-0.05, 0) is 11.5 Å². The maximum absolute atomic E-state index is 10.1. The molecule has 0 saturated carbocycles. The van der Waals surface area contributed by atoms with Crippen LogP contribution in [-0.4, -0.2) is 6.47 Å². The van der Waals surface area contributed by atoms with E-state index in [0.29, 0.717) is 5.75 Å². The van der Waals surface area contributed by atoms with Gasteiger partial charge >= 0.3 is 6.47 Å². The lowest BCUT2D eigenvalue weighted by Crippen LogP contribution is -1.88. The Morgan fingerprint density at radius 3 is 2.62 bits per heavy atom. The molecule has 0 fully saturated rings. The molecule has 0 spiro atoms. The Balaban J connectivity index is 2.68. The van der Waals surface area contributed by atoms with Crippen LogP contribution in [0.1, 0.15) is 0 Å². The summed E-state index contributed by atoms with van der Waals surface area (Å²) in [6.45, 7) is 1.43. The van der Waals surface area contributed by atoms with E-state index in [-0.39, 0.29) is 0 Å². The van der Waals surface area contributed by atoms with Crippen LogP contribution in [0, 0.1) is 0 Å². The molecular weight excluding hydrogens is 164 g/mol. The molecule has 0 saturated heterocycles. The van der Waals surface area contributed by atoms with Gasteiger partial charge in [-0.2, -0.15) is 0 Å². The predicted molar refractivity (Wildman–Crippen MR) is 50.3 cm³/mol. The van der Waals surface area contributed by atoms with Crippen molar-refractivity contribution in [2.24, 2.45) is 0 Å². The molecule has 2 aromatic carbocycles. The number of hydrogen-bond acceptors (Lipinski definition) is 2. The van der Waals surface area contributed by atoms with E-state index in [4.69, 9.17) is 4.74 Å². The first kappa shape index (κ1) is 7.80. The van der Waals surface area contributed by atoms with Gasteiger partial charge in [0, 0.05) is 5.39 Å². The summed E-state index contributed by atoms with van der Waals surface area (Å²) >= 11 is 0. The van der Waals surface area contributed by atoms with Crippen LogP contribution in [0.3, 0.4) is 0 Å². The maximum atomic E-state index is 10.1. The molecule has 0 aliphatic rings. The smallest absolute Gasteiger partial charge is 0.417 e. The predicted octanol–water partition coefficient (Wildman–Crippen LogP) is 2.29. The standard InChI is InChI=1S/C11H7O2/c12-8-13-11-7-3-5-9-4-1-2-6-10(9)11/h1-7H. The van der Waals surface area contributed by atoms with Gasteiger partial charge in [-0.1, -0.05) is 36.4 Å². The van der Waals surface area contributed by atoms with Crippen molar-refractivity contribution in [1.82, 2.24) is 0 Å². The van der Waals surface area contributed by atoms with Crippen LogP contribution in [0.2, 0.25) is 0 Å². The van der Waals surface area contributed by atoms with Gasteiger partial charge < -0.3 is 4.74 Å². The Morgan fingerprint density at radius 2 is 1.77 bits per heavy atom. The number of fused-ring (bicyclic) bond motifs is 1. The van der Waals surface area contributed by atoms with E-state index in [9.17, 15) is 4.79 Å². The summed E-state index contributed by atoms with van der Waals surface area (Å²) < 4.78 is 4.71. The Kier molecular flexibility index (Phi) is 1.96. The van der Waals surface area contributed by atoms with Crippen molar-refractivity contribution in [3.05, 3.63) is 42.5 Å². The number of carbonyl (C=O) groups excluding carboxylic acids is 1. The molecule has 1 radical (unpaired) electrons. The molecule has 0 N–H and O–H groups in total. The molecule has 0 amide bonds. The van der Waals surface area contributed by atoms with Crippen molar-refractivity contribution in [3.63, 3.8) is 0 Å². The average Bonchev–Trinajstić information content (AvgIpc) is 2.19. The molecule has 13 heavy (non-hydrogen) atoms. The van der Waals surface area contributed by atoms with Crippen molar-refractivity contribution < 1.29 is 9.53 Å². The molecule has 0 atom stereocenters. The highest BCUT2D eigenvalue weighted by Crippen LogP contribution is 2.24. The second-order valence-corrected chi connectivity index (χ2v) is 2.66. The first-order valence-electron chi connectivity index (χ1n) is 3.93. The van der Waals surface area contributed by atoms with Crippen LogP contribution in [-0.2, 0) is 4.79 Å². The first-order valence-corrected chi connectivity index (χ1v) is 3.93. The van der Waals surface area contributed by atoms with Crippen LogP contribution in [0.4, 0.5) is 0 Å². The fraction of sp³-hybridized carbons (Fsp3) is 0.